The quantitative estimate of drug-likeness (QED) is 0.557. The molecule has 24 heavy (non-hydrogen) atoms. The van der Waals surface area contributed by atoms with Crippen molar-refractivity contribution in [2.75, 3.05) is 0 Å². The minimum Gasteiger partial charge on any atom is -0.353 e. The molecule has 4 nitrogen and oxygen atoms in total. The summed E-state index contributed by atoms with van der Waals surface area (Å²) in [6.07, 6.45) is 0. The molecule has 1 aliphatic carbocycles. The van der Waals surface area contributed by atoms with Crippen LogP contribution in [-0.4, -0.2) is 27.6 Å². The van der Waals surface area contributed by atoms with Gasteiger partial charge in [-0.3, -0.25) is 9.59 Å². The monoisotopic (exact) mass is 336 g/mol. The zero-order chi connectivity index (χ0) is 16.9. The molecule has 0 radical (unpaired) electrons. The number of rotatable bonds is 2. The first-order chi connectivity index (χ1) is 11.5. The molecule has 0 fully saturated rings. The van der Waals surface area contributed by atoms with Crippen LogP contribution in [0.2, 0.25) is 0 Å². The molecule has 0 atom stereocenters. The van der Waals surface area contributed by atoms with Gasteiger partial charge in [0.15, 0.2) is 0 Å². The van der Waals surface area contributed by atoms with Crippen LogP contribution < -0.4 is 0 Å². The highest BCUT2D eigenvalue weighted by molar-refractivity contribution is 7.13. The largest absolute Gasteiger partial charge is 0.353 e. The summed E-state index contributed by atoms with van der Waals surface area (Å²) in [5, 5.41) is 21.7. The minimum atomic E-state index is -2.98. The van der Waals surface area contributed by atoms with Crippen LogP contribution in [0.1, 0.15) is 20.7 Å². The Kier molecular flexibility index (Phi) is 3.25. The molecule has 1 aliphatic rings. The molecule has 0 unspecified atom stereocenters. The van der Waals surface area contributed by atoms with E-state index in [4.69, 9.17) is 0 Å². The van der Waals surface area contributed by atoms with Gasteiger partial charge in [0, 0.05) is 21.6 Å². The number of fused-ring (bicyclic) bond motifs is 1. The van der Waals surface area contributed by atoms with E-state index in [9.17, 15) is 19.8 Å². The van der Waals surface area contributed by atoms with Crippen molar-refractivity contribution in [3.63, 3.8) is 0 Å². The fourth-order valence-electron chi connectivity index (χ4n) is 3.03. The highest BCUT2D eigenvalue weighted by Crippen LogP contribution is 2.43. The summed E-state index contributed by atoms with van der Waals surface area (Å²) < 4.78 is 0. The van der Waals surface area contributed by atoms with Crippen molar-refractivity contribution in [1.29, 1.82) is 0 Å². The topological polar surface area (TPSA) is 74.6 Å². The summed E-state index contributed by atoms with van der Waals surface area (Å²) in [6, 6.07) is 16.4. The first-order valence-electron chi connectivity index (χ1n) is 7.32. The maximum absolute atomic E-state index is 12.5. The molecular weight excluding hydrogens is 324 g/mol. The van der Waals surface area contributed by atoms with Gasteiger partial charge < -0.3 is 10.2 Å². The van der Waals surface area contributed by atoms with E-state index in [-0.39, 0.29) is 11.1 Å². The van der Waals surface area contributed by atoms with Crippen molar-refractivity contribution in [2.45, 2.75) is 5.79 Å². The van der Waals surface area contributed by atoms with Crippen LogP contribution in [-0.2, 0) is 0 Å². The molecule has 3 aromatic rings. The average Bonchev–Trinajstić information content (AvgIpc) is 3.18. The Morgan fingerprint density at radius 2 is 1.46 bits per heavy atom. The Bertz CT molecular complexity index is 957. The molecule has 5 heteroatoms. The van der Waals surface area contributed by atoms with Crippen molar-refractivity contribution < 1.29 is 19.8 Å². The third-order valence-corrected chi connectivity index (χ3v) is 5.05. The van der Waals surface area contributed by atoms with Gasteiger partial charge in [-0.15, -0.1) is 11.3 Å². The SMILES string of the molecule is O=C1c2ccc(-c3ccccc3)c(-c3cccs3)c2C(=O)C1(O)O. The highest BCUT2D eigenvalue weighted by Gasteiger charge is 2.52. The van der Waals surface area contributed by atoms with E-state index < -0.39 is 17.4 Å². The van der Waals surface area contributed by atoms with E-state index in [1.54, 1.807) is 6.07 Å². The molecule has 2 N–H and O–H groups in total. The van der Waals surface area contributed by atoms with Crippen molar-refractivity contribution in [3.05, 3.63) is 71.1 Å². The summed E-state index contributed by atoms with van der Waals surface area (Å²) >= 11 is 1.43. The van der Waals surface area contributed by atoms with Crippen LogP contribution in [0.25, 0.3) is 21.6 Å². The number of thiophene rings is 1. The normalized spacial score (nSPS) is 15.6. The number of hydrogen-bond donors (Lipinski definition) is 2. The third-order valence-electron chi connectivity index (χ3n) is 4.16. The van der Waals surface area contributed by atoms with Crippen LogP contribution in [0.4, 0.5) is 0 Å². The summed E-state index contributed by atoms with van der Waals surface area (Å²) in [5.74, 6) is -4.92. The standard InChI is InChI=1S/C19H12O4S/c20-17-13-9-8-12(11-5-2-1-3-6-11)15(14-7-4-10-24-14)16(13)18(21)19(17,22)23/h1-10,22-23H. The number of carbonyl (C=O) groups excluding carboxylic acids is 2. The lowest BCUT2D eigenvalue weighted by molar-refractivity contribution is -0.0857. The van der Waals surface area contributed by atoms with Crippen molar-refractivity contribution in [3.8, 4) is 21.6 Å². The predicted molar refractivity (Wildman–Crippen MR) is 91.0 cm³/mol. The Labute approximate surface area is 141 Å². The van der Waals surface area contributed by atoms with Crippen LogP contribution in [0.3, 0.4) is 0 Å². The minimum absolute atomic E-state index is 0.0491. The lowest BCUT2D eigenvalue weighted by Gasteiger charge is -2.13. The molecule has 1 heterocycles. The molecule has 0 bridgehead atoms. The Hall–Kier alpha value is -2.60. The summed E-state index contributed by atoms with van der Waals surface area (Å²) in [5.41, 5.74) is 2.35. The maximum Gasteiger partial charge on any atom is 0.295 e. The molecule has 2 aromatic carbocycles. The average molecular weight is 336 g/mol. The van der Waals surface area contributed by atoms with E-state index in [2.05, 4.69) is 0 Å². The van der Waals surface area contributed by atoms with Gasteiger partial charge in [0.2, 0.25) is 11.6 Å². The summed E-state index contributed by atoms with van der Waals surface area (Å²) in [4.78, 5) is 25.5. The smallest absolute Gasteiger partial charge is 0.295 e. The van der Waals surface area contributed by atoms with Crippen LogP contribution >= 0.6 is 11.3 Å². The van der Waals surface area contributed by atoms with Gasteiger partial charge in [0.05, 0.1) is 0 Å². The fourth-order valence-corrected chi connectivity index (χ4v) is 3.82. The zero-order valence-electron chi connectivity index (χ0n) is 12.4. The molecule has 0 amide bonds. The van der Waals surface area contributed by atoms with Crippen LogP contribution in [0.5, 0.6) is 0 Å². The number of benzene rings is 2. The van der Waals surface area contributed by atoms with Gasteiger partial charge in [-0.25, -0.2) is 0 Å². The van der Waals surface area contributed by atoms with E-state index in [0.29, 0.717) is 5.56 Å². The molecule has 4 rings (SSSR count). The summed E-state index contributed by atoms with van der Waals surface area (Å²) in [7, 11) is 0. The first-order valence-corrected chi connectivity index (χ1v) is 8.20. The van der Waals surface area contributed by atoms with Gasteiger partial charge >= 0.3 is 0 Å². The van der Waals surface area contributed by atoms with Gasteiger partial charge in [0.25, 0.3) is 5.79 Å². The lowest BCUT2D eigenvalue weighted by Crippen LogP contribution is -2.40. The second kappa shape index (κ2) is 5.21. The second-order valence-electron chi connectivity index (χ2n) is 5.58. The maximum atomic E-state index is 12.5. The molecule has 0 saturated heterocycles. The van der Waals surface area contributed by atoms with Gasteiger partial charge in [0.1, 0.15) is 0 Å². The number of carbonyl (C=O) groups is 2. The third kappa shape index (κ3) is 1.99. The Morgan fingerprint density at radius 3 is 2.12 bits per heavy atom. The van der Waals surface area contributed by atoms with E-state index in [0.717, 1.165) is 16.0 Å². The molecular formula is C19H12O4S. The van der Waals surface area contributed by atoms with E-state index >= 15 is 0 Å². The lowest BCUT2D eigenvalue weighted by atomic mass is 9.91. The number of hydrogen-bond acceptors (Lipinski definition) is 5. The van der Waals surface area contributed by atoms with Crippen LogP contribution in [0, 0.1) is 0 Å². The van der Waals surface area contributed by atoms with Crippen LogP contribution in [0.15, 0.2) is 60.0 Å². The molecule has 0 saturated carbocycles. The fraction of sp³-hybridized carbons (Fsp3) is 0.0526. The Morgan fingerprint density at radius 1 is 0.750 bits per heavy atom. The number of aliphatic hydroxyl groups is 2. The van der Waals surface area contributed by atoms with Crippen molar-refractivity contribution >= 4 is 22.9 Å². The van der Waals surface area contributed by atoms with E-state index in [1.165, 1.54) is 17.4 Å². The van der Waals surface area contributed by atoms with Gasteiger partial charge in [-0.2, -0.15) is 0 Å². The zero-order valence-corrected chi connectivity index (χ0v) is 13.2. The molecule has 118 valence electrons. The predicted octanol–water partition coefficient (Wildman–Crippen LogP) is 3.14. The molecule has 1 aromatic heterocycles. The van der Waals surface area contributed by atoms with E-state index in [1.807, 2.05) is 47.8 Å². The number of ketones is 2. The molecule has 0 aliphatic heterocycles. The second-order valence-corrected chi connectivity index (χ2v) is 6.53. The molecule has 0 spiro atoms. The van der Waals surface area contributed by atoms with Crippen molar-refractivity contribution in [2.24, 2.45) is 0 Å². The van der Waals surface area contributed by atoms with Gasteiger partial charge in [-0.1, -0.05) is 42.5 Å². The first kappa shape index (κ1) is 15.0. The van der Waals surface area contributed by atoms with Gasteiger partial charge in [-0.05, 0) is 28.6 Å². The summed E-state index contributed by atoms with van der Waals surface area (Å²) in [6.45, 7) is 0. The number of Topliss-reactive ketones (excluding diaryl/α,β-unsaturated/α-hetero) is 2. The van der Waals surface area contributed by atoms with Crippen molar-refractivity contribution in [1.82, 2.24) is 0 Å². The highest BCUT2D eigenvalue weighted by atomic mass is 32.1. The Balaban J connectivity index is 2.09.